The highest BCUT2D eigenvalue weighted by Crippen LogP contribution is 2.39. The van der Waals surface area contributed by atoms with Crippen molar-refractivity contribution in [2.45, 2.75) is 37.4 Å². The molecule has 4 atom stereocenters. The molecule has 8 heteroatoms. The lowest BCUT2D eigenvalue weighted by Gasteiger charge is -2.28. The minimum Gasteiger partial charge on any atom is -0.394 e. The van der Waals surface area contributed by atoms with E-state index in [1.54, 1.807) is 12.4 Å². The van der Waals surface area contributed by atoms with Crippen molar-refractivity contribution < 1.29 is 19.3 Å². The standard InChI is InChI=1S/C14H16FN3O3S/c15-12-13(20)10(5-19)21-14(12)18-4-7-1-2-8-6-22-16-3-9(17-18)11(7)8/h3-4,10,12-14,19-20H,1-2,5-6H2/t10-,12-,13-,14-/m1/s1. The first-order chi connectivity index (χ1) is 10.7. The number of allylic oxidation sites excluding steroid dienone is 2. The number of alkyl halides is 1. The zero-order valence-electron chi connectivity index (χ0n) is 11.7. The molecule has 118 valence electrons. The van der Waals surface area contributed by atoms with E-state index >= 15 is 0 Å². The maximum atomic E-state index is 14.3. The maximum Gasteiger partial charge on any atom is 0.184 e. The molecular formula is C14H16FN3O3S. The van der Waals surface area contributed by atoms with E-state index in [4.69, 9.17) is 9.84 Å². The molecule has 0 aromatic carbocycles. The van der Waals surface area contributed by atoms with Crippen LogP contribution < -0.4 is 0 Å². The van der Waals surface area contributed by atoms with Crippen molar-refractivity contribution in [1.82, 2.24) is 5.01 Å². The van der Waals surface area contributed by atoms with Crippen molar-refractivity contribution in [3.63, 3.8) is 0 Å². The molecule has 0 aromatic heterocycles. The fraction of sp³-hybridized carbons (Fsp3) is 0.571. The summed E-state index contributed by atoms with van der Waals surface area (Å²) in [5, 5.41) is 24.8. The van der Waals surface area contributed by atoms with Gasteiger partial charge in [0, 0.05) is 17.5 Å². The lowest BCUT2D eigenvalue weighted by atomic mass is 10.0. The van der Waals surface area contributed by atoms with Crippen LogP contribution in [-0.4, -0.2) is 64.1 Å². The van der Waals surface area contributed by atoms with Crippen LogP contribution in [0.4, 0.5) is 4.39 Å². The zero-order chi connectivity index (χ0) is 15.3. The summed E-state index contributed by atoms with van der Waals surface area (Å²) in [5.41, 5.74) is 4.27. The second kappa shape index (κ2) is 5.45. The second-order valence-corrected chi connectivity index (χ2v) is 6.45. The third kappa shape index (κ3) is 2.13. The van der Waals surface area contributed by atoms with Crippen LogP contribution >= 0.6 is 11.9 Å². The maximum absolute atomic E-state index is 14.3. The normalized spacial score (nSPS) is 37.1. The smallest absolute Gasteiger partial charge is 0.184 e. The lowest BCUT2D eigenvalue weighted by Crippen LogP contribution is -2.38. The van der Waals surface area contributed by atoms with Crippen molar-refractivity contribution >= 4 is 23.9 Å². The van der Waals surface area contributed by atoms with Crippen LogP contribution in [0.25, 0.3) is 0 Å². The van der Waals surface area contributed by atoms with Gasteiger partial charge in [0.1, 0.15) is 17.9 Å². The van der Waals surface area contributed by atoms with Gasteiger partial charge < -0.3 is 14.9 Å². The number of rotatable bonds is 2. The Morgan fingerprint density at radius 2 is 2.32 bits per heavy atom. The number of hydrazone groups is 1. The average Bonchev–Trinajstić information content (AvgIpc) is 2.97. The van der Waals surface area contributed by atoms with Gasteiger partial charge in [0.2, 0.25) is 0 Å². The SMILES string of the molecule is OC[C@H]1O[C@@H](N2C=C3CCC4=C3C(=N2)C=NSC4)[C@H](F)[C@@H]1O. The first-order valence-corrected chi connectivity index (χ1v) is 8.17. The Labute approximate surface area is 131 Å². The third-order valence-corrected chi connectivity index (χ3v) is 5.09. The van der Waals surface area contributed by atoms with Gasteiger partial charge in [-0.2, -0.15) is 5.10 Å². The van der Waals surface area contributed by atoms with Crippen LogP contribution in [0.3, 0.4) is 0 Å². The summed E-state index contributed by atoms with van der Waals surface area (Å²) in [6.45, 7) is -0.424. The van der Waals surface area contributed by atoms with E-state index in [1.807, 2.05) is 0 Å². The monoisotopic (exact) mass is 325 g/mol. The molecule has 0 aromatic rings. The molecule has 0 spiro atoms. The third-order valence-electron chi connectivity index (χ3n) is 4.36. The topological polar surface area (TPSA) is 77.7 Å². The summed E-state index contributed by atoms with van der Waals surface area (Å²) in [5.74, 6) is 0.860. The molecule has 6 nitrogen and oxygen atoms in total. The molecule has 22 heavy (non-hydrogen) atoms. The first kappa shape index (κ1) is 14.4. The van der Waals surface area contributed by atoms with Gasteiger partial charge in [-0.05, 0) is 35.9 Å². The minimum absolute atomic E-state index is 0.424. The Morgan fingerprint density at radius 1 is 1.45 bits per heavy atom. The summed E-state index contributed by atoms with van der Waals surface area (Å²) >= 11 is 1.49. The van der Waals surface area contributed by atoms with Crippen LogP contribution in [0.1, 0.15) is 12.8 Å². The predicted molar refractivity (Wildman–Crippen MR) is 81.2 cm³/mol. The molecule has 1 fully saturated rings. The summed E-state index contributed by atoms with van der Waals surface area (Å²) in [4.78, 5) is 0. The van der Waals surface area contributed by atoms with Crippen molar-refractivity contribution in [2.24, 2.45) is 9.50 Å². The molecule has 0 radical (unpaired) electrons. The highest BCUT2D eigenvalue weighted by molar-refractivity contribution is 7.98. The van der Waals surface area contributed by atoms with Gasteiger partial charge in [-0.3, -0.25) is 0 Å². The van der Waals surface area contributed by atoms with Crippen molar-refractivity contribution in [3.8, 4) is 0 Å². The van der Waals surface area contributed by atoms with Crippen LogP contribution in [0.15, 0.2) is 32.4 Å². The van der Waals surface area contributed by atoms with E-state index in [0.717, 1.165) is 29.7 Å². The Kier molecular flexibility index (Phi) is 3.56. The highest BCUT2D eigenvalue weighted by atomic mass is 32.2. The summed E-state index contributed by atoms with van der Waals surface area (Å²) < 4.78 is 23.9. The van der Waals surface area contributed by atoms with Gasteiger partial charge in [0.25, 0.3) is 0 Å². The Bertz CT molecular complexity index is 618. The fourth-order valence-electron chi connectivity index (χ4n) is 3.24. The molecule has 2 N–H and O–H groups in total. The molecule has 0 amide bonds. The van der Waals surface area contributed by atoms with E-state index in [2.05, 4.69) is 9.50 Å². The molecule has 3 aliphatic heterocycles. The lowest BCUT2D eigenvalue weighted by molar-refractivity contribution is -0.0707. The van der Waals surface area contributed by atoms with Crippen molar-refractivity contribution in [3.05, 3.63) is 22.9 Å². The Morgan fingerprint density at radius 3 is 3.09 bits per heavy atom. The van der Waals surface area contributed by atoms with Gasteiger partial charge in [-0.1, -0.05) is 0 Å². The number of aliphatic hydroxyl groups excluding tert-OH is 2. The number of nitrogens with zero attached hydrogens (tertiary/aromatic N) is 3. The van der Waals surface area contributed by atoms with E-state index < -0.39 is 31.2 Å². The van der Waals surface area contributed by atoms with Crippen LogP contribution in [0, 0.1) is 0 Å². The molecule has 0 bridgehead atoms. The molecule has 1 aliphatic carbocycles. The van der Waals surface area contributed by atoms with E-state index in [-0.39, 0.29) is 0 Å². The van der Waals surface area contributed by atoms with Crippen molar-refractivity contribution in [2.75, 3.05) is 12.4 Å². The molecule has 3 heterocycles. The van der Waals surface area contributed by atoms with Crippen LogP contribution in [0.2, 0.25) is 0 Å². The van der Waals surface area contributed by atoms with Crippen LogP contribution in [-0.2, 0) is 4.74 Å². The Balaban J connectivity index is 1.68. The molecule has 0 unspecified atom stereocenters. The molecule has 4 rings (SSSR count). The molecule has 4 aliphatic rings. The number of halogens is 1. The minimum atomic E-state index is -1.62. The fourth-order valence-corrected chi connectivity index (χ4v) is 3.93. The molecule has 1 saturated heterocycles. The predicted octanol–water partition coefficient (Wildman–Crippen LogP) is 0.781. The highest BCUT2D eigenvalue weighted by Gasteiger charge is 2.47. The largest absolute Gasteiger partial charge is 0.394 e. The van der Waals surface area contributed by atoms with Gasteiger partial charge >= 0.3 is 0 Å². The van der Waals surface area contributed by atoms with Gasteiger partial charge in [0.05, 0.1) is 12.8 Å². The summed E-state index contributed by atoms with van der Waals surface area (Å²) in [6, 6.07) is 0. The van der Waals surface area contributed by atoms with Crippen molar-refractivity contribution in [1.29, 1.82) is 0 Å². The number of hydrogen-bond acceptors (Lipinski definition) is 7. The van der Waals surface area contributed by atoms with Gasteiger partial charge in [-0.25, -0.2) is 13.8 Å². The average molecular weight is 325 g/mol. The van der Waals surface area contributed by atoms with Gasteiger partial charge in [-0.15, -0.1) is 0 Å². The summed E-state index contributed by atoms with van der Waals surface area (Å²) in [7, 11) is 0. The molecular weight excluding hydrogens is 309 g/mol. The van der Waals surface area contributed by atoms with E-state index in [9.17, 15) is 9.50 Å². The first-order valence-electron chi connectivity index (χ1n) is 7.23. The zero-order valence-corrected chi connectivity index (χ0v) is 12.5. The number of hydrogen-bond donors (Lipinski definition) is 2. The van der Waals surface area contributed by atoms with E-state index in [1.165, 1.54) is 22.5 Å². The second-order valence-electron chi connectivity index (χ2n) is 5.69. The summed E-state index contributed by atoms with van der Waals surface area (Å²) in [6.07, 6.45) is 0.431. The van der Waals surface area contributed by atoms with Crippen LogP contribution in [0.5, 0.6) is 0 Å². The number of aliphatic hydroxyl groups is 2. The quantitative estimate of drug-likeness (QED) is 0.734. The molecule has 0 saturated carbocycles. The van der Waals surface area contributed by atoms with Gasteiger partial charge in [0.15, 0.2) is 12.4 Å². The Hall–Kier alpha value is -1.22. The van der Waals surface area contributed by atoms with E-state index in [0.29, 0.717) is 5.71 Å². The number of ether oxygens (including phenoxy) is 1.